The highest BCUT2D eigenvalue weighted by Gasteiger charge is 2.23. The SMILES string of the molecule is CCn1cc(O)n(CC(C)(C)CCOCCOCCC(C)(C)Cn2c(S)cn(CC)c2=S)c1=O. The van der Waals surface area contributed by atoms with Crippen LogP contribution in [-0.2, 0) is 35.7 Å². The van der Waals surface area contributed by atoms with E-state index in [4.69, 9.17) is 21.7 Å². The first-order valence-corrected chi connectivity index (χ1v) is 12.9. The summed E-state index contributed by atoms with van der Waals surface area (Å²) in [5, 5.41) is 11.0. The van der Waals surface area contributed by atoms with Crippen LogP contribution in [0.15, 0.2) is 22.2 Å². The van der Waals surface area contributed by atoms with Gasteiger partial charge in [-0.05, 0) is 49.7 Å². The smallest absolute Gasteiger partial charge is 0.331 e. The normalized spacial score (nSPS) is 12.6. The number of aryl methyl sites for hydroxylation is 2. The molecular weight excluding hydrogens is 472 g/mol. The molecule has 34 heavy (non-hydrogen) atoms. The van der Waals surface area contributed by atoms with Crippen molar-refractivity contribution in [2.24, 2.45) is 10.8 Å². The average Bonchev–Trinajstić information content (AvgIpc) is 3.19. The van der Waals surface area contributed by atoms with Crippen molar-refractivity contribution in [1.82, 2.24) is 18.3 Å². The second kappa shape index (κ2) is 12.5. The quantitative estimate of drug-likeness (QED) is 0.207. The highest BCUT2D eigenvalue weighted by atomic mass is 32.1. The summed E-state index contributed by atoms with van der Waals surface area (Å²) in [6.07, 6.45) is 5.15. The second-order valence-corrected chi connectivity index (χ2v) is 11.2. The summed E-state index contributed by atoms with van der Waals surface area (Å²) in [5.74, 6) is 0.00743. The number of hydrogen-bond acceptors (Lipinski definition) is 6. The van der Waals surface area contributed by atoms with E-state index < -0.39 is 0 Å². The summed E-state index contributed by atoms with van der Waals surface area (Å²) in [6, 6.07) is 0. The second-order valence-electron chi connectivity index (χ2n) is 10.3. The van der Waals surface area contributed by atoms with Crippen LogP contribution in [0.2, 0.25) is 0 Å². The number of hydrogen-bond donors (Lipinski definition) is 2. The molecule has 2 aromatic rings. The predicted octanol–water partition coefficient (Wildman–Crippen LogP) is 4.58. The van der Waals surface area contributed by atoms with Crippen LogP contribution in [0.4, 0.5) is 0 Å². The van der Waals surface area contributed by atoms with Crippen molar-refractivity contribution in [2.45, 2.75) is 85.6 Å². The van der Waals surface area contributed by atoms with Crippen molar-refractivity contribution in [3.8, 4) is 5.88 Å². The molecule has 0 atom stereocenters. The van der Waals surface area contributed by atoms with Gasteiger partial charge in [0.25, 0.3) is 0 Å². The van der Waals surface area contributed by atoms with Crippen LogP contribution in [0, 0.1) is 15.6 Å². The molecular formula is C24H42N4O4S2. The topological polar surface area (TPSA) is 75.5 Å². The molecule has 2 heterocycles. The van der Waals surface area contributed by atoms with Crippen LogP contribution in [0.3, 0.4) is 0 Å². The lowest BCUT2D eigenvalue weighted by atomic mass is 9.89. The first-order chi connectivity index (χ1) is 15.9. The van der Waals surface area contributed by atoms with E-state index >= 15 is 0 Å². The lowest BCUT2D eigenvalue weighted by Crippen LogP contribution is -2.30. The van der Waals surface area contributed by atoms with Crippen LogP contribution < -0.4 is 5.69 Å². The molecule has 0 spiro atoms. The summed E-state index contributed by atoms with van der Waals surface area (Å²) in [6.45, 7) is 17.4. The molecule has 1 N–H and O–H groups in total. The zero-order valence-electron chi connectivity index (χ0n) is 21.5. The molecule has 0 fully saturated rings. The highest BCUT2D eigenvalue weighted by molar-refractivity contribution is 7.80. The van der Waals surface area contributed by atoms with Crippen LogP contribution >= 0.6 is 24.8 Å². The van der Waals surface area contributed by atoms with Gasteiger partial charge in [0.2, 0.25) is 5.88 Å². The summed E-state index contributed by atoms with van der Waals surface area (Å²) in [7, 11) is 0. The Hall–Kier alpha value is -1.49. The summed E-state index contributed by atoms with van der Waals surface area (Å²) >= 11 is 10.1. The predicted molar refractivity (Wildman–Crippen MR) is 141 cm³/mol. The number of aromatic hydroxyl groups is 1. The van der Waals surface area contributed by atoms with Gasteiger partial charge in [-0.25, -0.2) is 4.79 Å². The van der Waals surface area contributed by atoms with E-state index in [9.17, 15) is 9.90 Å². The molecule has 2 aromatic heterocycles. The summed E-state index contributed by atoms with van der Waals surface area (Å²) < 4.78 is 19.4. The van der Waals surface area contributed by atoms with Crippen LogP contribution in [-0.4, -0.2) is 49.8 Å². The largest absolute Gasteiger partial charge is 0.493 e. The van der Waals surface area contributed by atoms with Crippen LogP contribution in [0.1, 0.15) is 54.4 Å². The zero-order valence-corrected chi connectivity index (χ0v) is 23.3. The van der Waals surface area contributed by atoms with Gasteiger partial charge in [0.15, 0.2) is 4.77 Å². The third kappa shape index (κ3) is 8.03. The van der Waals surface area contributed by atoms with Gasteiger partial charge in [0.1, 0.15) is 0 Å². The van der Waals surface area contributed by atoms with Crippen molar-refractivity contribution in [1.29, 1.82) is 0 Å². The molecule has 0 aromatic carbocycles. The Kier molecular flexibility index (Phi) is 10.5. The molecule has 0 aliphatic rings. The fourth-order valence-corrected chi connectivity index (χ4v) is 4.54. The van der Waals surface area contributed by atoms with E-state index in [0.29, 0.717) is 39.5 Å². The van der Waals surface area contributed by atoms with Gasteiger partial charge >= 0.3 is 5.69 Å². The van der Waals surface area contributed by atoms with Gasteiger partial charge in [0.05, 0.1) is 24.4 Å². The minimum absolute atomic E-state index is 0.00743. The van der Waals surface area contributed by atoms with Gasteiger partial charge in [0, 0.05) is 45.6 Å². The molecule has 0 radical (unpaired) electrons. The van der Waals surface area contributed by atoms with E-state index in [2.05, 4.69) is 51.8 Å². The third-order valence-corrected chi connectivity index (χ3v) is 6.93. The molecule has 10 heteroatoms. The van der Waals surface area contributed by atoms with E-state index in [0.717, 1.165) is 35.7 Å². The van der Waals surface area contributed by atoms with Gasteiger partial charge in [-0.1, -0.05) is 27.7 Å². The fourth-order valence-electron chi connectivity index (χ4n) is 3.82. The molecule has 0 bridgehead atoms. The Balaban J connectivity index is 1.66. The van der Waals surface area contributed by atoms with Crippen molar-refractivity contribution in [3.63, 3.8) is 0 Å². The molecule has 0 saturated heterocycles. The average molecular weight is 515 g/mol. The highest BCUT2D eigenvalue weighted by Crippen LogP contribution is 2.26. The number of imidazole rings is 2. The van der Waals surface area contributed by atoms with Gasteiger partial charge < -0.3 is 23.7 Å². The number of nitrogens with zero attached hydrogens (tertiary/aromatic N) is 4. The Morgan fingerprint density at radius 3 is 1.82 bits per heavy atom. The Morgan fingerprint density at radius 2 is 1.38 bits per heavy atom. The van der Waals surface area contributed by atoms with Gasteiger partial charge in [-0.2, -0.15) is 0 Å². The lowest BCUT2D eigenvalue weighted by Gasteiger charge is -2.26. The van der Waals surface area contributed by atoms with Crippen molar-refractivity contribution >= 4 is 24.8 Å². The van der Waals surface area contributed by atoms with E-state index in [1.165, 1.54) is 15.3 Å². The zero-order chi connectivity index (χ0) is 25.5. The van der Waals surface area contributed by atoms with Crippen molar-refractivity contribution in [3.05, 3.63) is 27.6 Å². The first kappa shape index (κ1) is 28.7. The van der Waals surface area contributed by atoms with Crippen LogP contribution in [0.5, 0.6) is 5.88 Å². The molecule has 0 amide bonds. The molecule has 0 aliphatic heterocycles. The molecule has 0 unspecified atom stereocenters. The number of ether oxygens (including phenoxy) is 2. The molecule has 194 valence electrons. The standard InChI is InChI=1S/C24H42N4O4S2/c1-7-25-15-19(29)27(21(25)30)17-23(3,4)9-11-31-13-14-32-12-10-24(5,6)18-28-20(33)16-26(8-2)22(28)34/h15-16,29,33H,7-14,17-18H2,1-6H3. The van der Waals surface area contributed by atoms with Crippen molar-refractivity contribution in [2.75, 3.05) is 26.4 Å². The summed E-state index contributed by atoms with van der Waals surface area (Å²) in [5.41, 5.74) is -0.335. The summed E-state index contributed by atoms with van der Waals surface area (Å²) in [4.78, 5) is 12.3. The maximum absolute atomic E-state index is 12.3. The Labute approximate surface area is 213 Å². The monoisotopic (exact) mass is 514 g/mol. The lowest BCUT2D eigenvalue weighted by molar-refractivity contribution is 0.0257. The maximum atomic E-state index is 12.3. The van der Waals surface area contributed by atoms with E-state index in [1.807, 2.05) is 17.7 Å². The molecule has 0 saturated carbocycles. The minimum atomic E-state index is -0.185. The minimum Gasteiger partial charge on any atom is -0.493 e. The number of rotatable bonds is 15. The molecule has 8 nitrogen and oxygen atoms in total. The number of thiol groups is 1. The first-order valence-electron chi connectivity index (χ1n) is 12.0. The third-order valence-electron chi connectivity index (χ3n) is 6.12. The van der Waals surface area contributed by atoms with E-state index in [1.54, 1.807) is 0 Å². The molecule has 2 rings (SSSR count). The van der Waals surface area contributed by atoms with Gasteiger partial charge in [-0.3, -0.25) is 9.13 Å². The van der Waals surface area contributed by atoms with E-state index in [-0.39, 0.29) is 22.4 Å². The Morgan fingerprint density at radius 1 is 0.882 bits per heavy atom. The van der Waals surface area contributed by atoms with Crippen molar-refractivity contribution < 1.29 is 14.6 Å². The fraction of sp³-hybridized carbons (Fsp3) is 0.750. The maximum Gasteiger partial charge on any atom is 0.331 e. The van der Waals surface area contributed by atoms with Crippen LogP contribution in [0.25, 0.3) is 0 Å². The van der Waals surface area contributed by atoms with Gasteiger partial charge in [-0.15, -0.1) is 12.6 Å². The molecule has 0 aliphatic carbocycles. The number of aromatic nitrogens is 4. The Bertz CT molecular complexity index is 951.